The van der Waals surface area contributed by atoms with Crippen molar-refractivity contribution in [1.29, 1.82) is 0 Å². The standard InChI is InChI=1S/5C16H17N/c1-9-5-13-8-16-15(14(13)6-10(9)2)7-11(3)12(4)17-16;1-9-5-11(3)13-8-16-15(14(13)6-9)7-10(2)12(4)17-16;1-9-5-11(3)16-13(6-9)8-15-14(16)7-10(2)12(4)17-15;1-9-5-6-13-14(11(9)3)8-16-15(13)7-10(2)12(4)17-16;1-9-5-6-10(2)16-13(9)8-15-14(16)7-11(3)12(4)17-15/h5*5-7H,8H2,1-4H3. The van der Waals surface area contributed by atoms with Crippen LogP contribution in [-0.4, -0.2) is 24.9 Å². The molecule has 10 aromatic rings. The van der Waals surface area contributed by atoms with Crippen LogP contribution in [0.5, 0.6) is 0 Å². The Balaban J connectivity index is 0.000000111. The van der Waals surface area contributed by atoms with Crippen molar-refractivity contribution in [1.82, 2.24) is 24.9 Å². The van der Waals surface area contributed by atoms with E-state index in [1.807, 2.05) is 0 Å². The summed E-state index contributed by atoms with van der Waals surface area (Å²) in [5.41, 5.74) is 53.3. The lowest BCUT2D eigenvalue weighted by atomic mass is 9.97. The second-order valence-electron chi connectivity index (χ2n) is 25.7. The second-order valence-corrected chi connectivity index (χ2v) is 25.7. The lowest BCUT2D eigenvalue weighted by molar-refractivity contribution is 1.04. The first-order chi connectivity index (χ1) is 40.3. The van der Waals surface area contributed by atoms with Crippen LogP contribution in [0.25, 0.3) is 55.6 Å². The summed E-state index contributed by atoms with van der Waals surface area (Å²) in [6, 6.07) is 34.1. The molecule has 85 heavy (non-hydrogen) atoms. The molecule has 0 unspecified atom stereocenters. The van der Waals surface area contributed by atoms with Crippen LogP contribution in [0.4, 0.5) is 0 Å². The molecule has 0 N–H and O–H groups in total. The van der Waals surface area contributed by atoms with Gasteiger partial charge in [-0.05, 0) is 297 Å². The number of fused-ring (bicyclic) bond motifs is 15. The zero-order valence-electron chi connectivity index (χ0n) is 54.4. The summed E-state index contributed by atoms with van der Waals surface area (Å²) in [6.45, 7) is 43.1. The van der Waals surface area contributed by atoms with E-state index in [9.17, 15) is 0 Å². The number of rotatable bonds is 0. The molecule has 0 aliphatic heterocycles. The minimum atomic E-state index is 0.993. The van der Waals surface area contributed by atoms with Crippen LogP contribution in [0.15, 0.2) is 91.0 Å². The van der Waals surface area contributed by atoms with Gasteiger partial charge in [-0.3, -0.25) is 24.9 Å². The van der Waals surface area contributed by atoms with E-state index in [1.165, 1.54) is 195 Å². The molecular formula is C80H85N5. The summed E-state index contributed by atoms with van der Waals surface area (Å²) in [6.07, 6.45) is 4.98. The first-order valence-electron chi connectivity index (χ1n) is 30.7. The number of hydrogen-bond acceptors (Lipinski definition) is 5. The van der Waals surface area contributed by atoms with E-state index < -0.39 is 0 Å². The van der Waals surface area contributed by atoms with Gasteiger partial charge in [-0.25, -0.2) is 0 Å². The van der Waals surface area contributed by atoms with Crippen LogP contribution in [0.2, 0.25) is 0 Å². The molecule has 0 spiro atoms. The van der Waals surface area contributed by atoms with Gasteiger partial charge in [0.05, 0.1) is 28.5 Å². The van der Waals surface area contributed by atoms with Crippen molar-refractivity contribution in [3.8, 4) is 55.6 Å². The Morgan fingerprint density at radius 2 is 0.612 bits per heavy atom. The Hall–Kier alpha value is -8.15. The van der Waals surface area contributed by atoms with Crippen LogP contribution in [0.3, 0.4) is 0 Å². The molecule has 430 valence electrons. The van der Waals surface area contributed by atoms with Gasteiger partial charge in [0.25, 0.3) is 0 Å². The zero-order valence-corrected chi connectivity index (χ0v) is 54.4. The van der Waals surface area contributed by atoms with Crippen molar-refractivity contribution in [2.75, 3.05) is 0 Å². The third-order valence-electron chi connectivity index (χ3n) is 19.4. The van der Waals surface area contributed by atoms with E-state index in [0.29, 0.717) is 0 Å². The highest BCUT2D eigenvalue weighted by Gasteiger charge is 2.27. The second kappa shape index (κ2) is 22.7. The highest BCUT2D eigenvalue weighted by Crippen LogP contribution is 2.44. The first-order valence-corrected chi connectivity index (χ1v) is 30.7. The number of aromatic nitrogens is 5. The minimum absolute atomic E-state index is 0.993. The molecule has 0 amide bonds. The predicted octanol–water partition coefficient (Wildman–Crippen LogP) is 19.4. The molecule has 0 radical (unpaired) electrons. The summed E-state index contributed by atoms with van der Waals surface area (Å²) < 4.78 is 0. The maximum atomic E-state index is 4.75. The molecule has 0 bridgehead atoms. The topological polar surface area (TPSA) is 64.5 Å². The Kier molecular flexibility index (Phi) is 15.6. The van der Waals surface area contributed by atoms with Crippen molar-refractivity contribution in [2.45, 2.75) is 171 Å². The molecule has 0 saturated heterocycles. The van der Waals surface area contributed by atoms with Crippen molar-refractivity contribution < 1.29 is 0 Å². The molecule has 5 aliphatic rings. The Morgan fingerprint density at radius 1 is 0.224 bits per heavy atom. The summed E-state index contributed by atoms with van der Waals surface area (Å²) in [5, 5.41) is 0. The SMILES string of the molecule is Cc1cc(C)c2c(c1)-c1cc(C)c(C)nc1C2.Cc1cc(C)c2c(c1)Cc1nc(C)c(C)cc1-2.Cc1cc2c(cc1C)-c1cc(C)c(C)nc1C2.Cc1cc2c(nc1C)Cc1c(C)ccc(C)c1-2.Cc1cc2c(nc1C)Cc1c-2ccc(C)c1C. The molecule has 0 fully saturated rings. The average Bonchev–Trinajstić information content (AvgIpc) is 2.01. The van der Waals surface area contributed by atoms with Crippen LogP contribution >= 0.6 is 0 Å². The molecule has 5 nitrogen and oxygen atoms in total. The van der Waals surface area contributed by atoms with E-state index in [-0.39, 0.29) is 0 Å². The third kappa shape index (κ3) is 11.0. The monoisotopic (exact) mass is 1120 g/mol. The highest BCUT2D eigenvalue weighted by atomic mass is 14.7. The van der Waals surface area contributed by atoms with Gasteiger partial charge in [0, 0.05) is 88.4 Å². The third-order valence-corrected chi connectivity index (χ3v) is 19.4. The van der Waals surface area contributed by atoms with Gasteiger partial charge in [-0.15, -0.1) is 0 Å². The number of nitrogens with zero attached hydrogens (tertiary/aromatic N) is 5. The summed E-state index contributed by atoms with van der Waals surface area (Å²) in [4.78, 5) is 23.7. The highest BCUT2D eigenvalue weighted by molar-refractivity contribution is 5.82. The van der Waals surface area contributed by atoms with Gasteiger partial charge in [-0.2, -0.15) is 0 Å². The Morgan fingerprint density at radius 3 is 1.19 bits per heavy atom. The largest absolute Gasteiger partial charge is 0.257 e. The van der Waals surface area contributed by atoms with E-state index in [4.69, 9.17) is 24.9 Å². The molecule has 5 aromatic heterocycles. The number of aryl methyl sites for hydroxylation is 19. The zero-order chi connectivity index (χ0) is 60.8. The number of pyridine rings is 5. The van der Waals surface area contributed by atoms with Crippen LogP contribution in [-0.2, 0) is 32.1 Å². The van der Waals surface area contributed by atoms with Crippen LogP contribution in [0, 0.1) is 138 Å². The fourth-order valence-electron chi connectivity index (χ4n) is 13.6. The van der Waals surface area contributed by atoms with Gasteiger partial charge in [0.15, 0.2) is 0 Å². The first kappa shape index (κ1) is 58.6. The Labute approximate surface area is 507 Å². The molecule has 5 heteroatoms. The molecule has 5 aliphatic carbocycles. The fourth-order valence-corrected chi connectivity index (χ4v) is 13.6. The predicted molar refractivity (Wildman–Crippen MR) is 357 cm³/mol. The van der Waals surface area contributed by atoms with Gasteiger partial charge in [-0.1, -0.05) is 71.8 Å². The maximum Gasteiger partial charge on any atom is 0.0529 e. The smallest absolute Gasteiger partial charge is 0.0529 e. The van der Waals surface area contributed by atoms with Gasteiger partial charge in [0.2, 0.25) is 0 Å². The van der Waals surface area contributed by atoms with E-state index >= 15 is 0 Å². The van der Waals surface area contributed by atoms with Gasteiger partial charge >= 0.3 is 0 Å². The fraction of sp³-hybridized carbons (Fsp3) is 0.312. The van der Waals surface area contributed by atoms with Crippen LogP contribution in [0.1, 0.15) is 168 Å². The number of hydrogen-bond donors (Lipinski definition) is 0. The normalized spacial score (nSPS) is 12.5. The van der Waals surface area contributed by atoms with Crippen molar-refractivity contribution in [3.63, 3.8) is 0 Å². The molecular weight excluding hydrogens is 1030 g/mol. The van der Waals surface area contributed by atoms with E-state index in [2.05, 4.69) is 229 Å². The molecule has 0 saturated carbocycles. The summed E-state index contributed by atoms with van der Waals surface area (Å²) in [5.74, 6) is 0. The maximum absolute atomic E-state index is 4.75. The lowest BCUT2D eigenvalue weighted by Gasteiger charge is -2.08. The average molecular weight is 1120 g/mol. The molecule has 5 aromatic carbocycles. The van der Waals surface area contributed by atoms with Crippen LogP contribution < -0.4 is 0 Å². The van der Waals surface area contributed by atoms with Gasteiger partial charge in [0.1, 0.15) is 0 Å². The van der Waals surface area contributed by atoms with E-state index in [0.717, 1.165) is 60.6 Å². The quantitative estimate of drug-likeness (QED) is 0.151. The summed E-state index contributed by atoms with van der Waals surface area (Å²) in [7, 11) is 0. The molecule has 5 heterocycles. The minimum Gasteiger partial charge on any atom is -0.257 e. The van der Waals surface area contributed by atoms with Crippen molar-refractivity contribution in [2.24, 2.45) is 0 Å². The number of benzene rings is 5. The lowest BCUT2D eigenvalue weighted by Crippen LogP contribution is -1.93. The van der Waals surface area contributed by atoms with Crippen molar-refractivity contribution in [3.05, 3.63) is 259 Å². The van der Waals surface area contributed by atoms with Gasteiger partial charge < -0.3 is 0 Å². The molecule has 0 atom stereocenters. The van der Waals surface area contributed by atoms with E-state index in [1.54, 1.807) is 0 Å². The summed E-state index contributed by atoms with van der Waals surface area (Å²) >= 11 is 0. The molecule has 15 rings (SSSR count). The van der Waals surface area contributed by atoms with Crippen molar-refractivity contribution >= 4 is 0 Å². The Bertz CT molecular complexity index is 4360.